The minimum Gasteiger partial charge on any atom is -0.481 e. The molecule has 0 aromatic carbocycles. The van der Waals surface area contributed by atoms with Gasteiger partial charge in [0, 0.05) is 19.0 Å². The highest BCUT2D eigenvalue weighted by molar-refractivity contribution is 7.87. The standard InChI is InChI=1S/C11H24N2O4S/c1-9(2)13-18(16,17)12-8-7-11(3,4)6-5-10(14)15/h9,12-13H,5-8H2,1-4H3,(H,14,15). The summed E-state index contributed by atoms with van der Waals surface area (Å²) in [5.74, 6) is -0.829. The van der Waals surface area contributed by atoms with Crippen LogP contribution in [0.1, 0.15) is 47.0 Å². The van der Waals surface area contributed by atoms with Gasteiger partial charge >= 0.3 is 5.97 Å². The van der Waals surface area contributed by atoms with Gasteiger partial charge in [0.15, 0.2) is 0 Å². The van der Waals surface area contributed by atoms with Gasteiger partial charge in [0.25, 0.3) is 10.2 Å². The first-order chi connectivity index (χ1) is 8.04. The Labute approximate surface area is 109 Å². The van der Waals surface area contributed by atoms with Crippen molar-refractivity contribution in [3.05, 3.63) is 0 Å². The molecule has 6 nitrogen and oxygen atoms in total. The van der Waals surface area contributed by atoms with Crippen molar-refractivity contribution in [2.24, 2.45) is 5.41 Å². The van der Waals surface area contributed by atoms with Gasteiger partial charge in [-0.3, -0.25) is 4.79 Å². The van der Waals surface area contributed by atoms with Crippen LogP contribution in [0.4, 0.5) is 0 Å². The van der Waals surface area contributed by atoms with Crippen molar-refractivity contribution in [1.29, 1.82) is 0 Å². The van der Waals surface area contributed by atoms with Gasteiger partial charge in [0.1, 0.15) is 0 Å². The molecular formula is C11H24N2O4S. The summed E-state index contributed by atoms with van der Waals surface area (Å²) < 4.78 is 27.8. The molecule has 0 heterocycles. The van der Waals surface area contributed by atoms with Crippen LogP contribution in [0.3, 0.4) is 0 Å². The average molecular weight is 280 g/mol. The number of hydrogen-bond acceptors (Lipinski definition) is 3. The highest BCUT2D eigenvalue weighted by atomic mass is 32.2. The molecule has 0 atom stereocenters. The van der Waals surface area contributed by atoms with E-state index in [9.17, 15) is 13.2 Å². The Balaban J connectivity index is 4.06. The third-order valence-electron chi connectivity index (χ3n) is 2.50. The van der Waals surface area contributed by atoms with Crippen molar-refractivity contribution in [2.75, 3.05) is 6.54 Å². The largest absolute Gasteiger partial charge is 0.481 e. The molecule has 0 aromatic rings. The molecule has 0 aliphatic rings. The van der Waals surface area contributed by atoms with Crippen molar-refractivity contribution in [1.82, 2.24) is 9.44 Å². The molecular weight excluding hydrogens is 256 g/mol. The molecule has 0 saturated carbocycles. The van der Waals surface area contributed by atoms with E-state index in [1.54, 1.807) is 13.8 Å². The van der Waals surface area contributed by atoms with E-state index in [-0.39, 0.29) is 17.9 Å². The second kappa shape index (κ2) is 7.06. The Morgan fingerprint density at radius 1 is 1.28 bits per heavy atom. The summed E-state index contributed by atoms with van der Waals surface area (Å²) in [5.41, 5.74) is -0.196. The minimum absolute atomic E-state index is 0.101. The van der Waals surface area contributed by atoms with E-state index in [2.05, 4.69) is 9.44 Å². The molecule has 0 rings (SSSR count). The fraction of sp³-hybridized carbons (Fsp3) is 0.909. The molecule has 0 fully saturated rings. The van der Waals surface area contributed by atoms with Gasteiger partial charge in [0.05, 0.1) is 0 Å². The smallest absolute Gasteiger partial charge is 0.303 e. The quantitative estimate of drug-likeness (QED) is 0.589. The predicted molar refractivity (Wildman–Crippen MR) is 70.5 cm³/mol. The molecule has 0 spiro atoms. The number of aliphatic carboxylic acids is 1. The predicted octanol–water partition coefficient (Wildman–Crippen LogP) is 1.10. The van der Waals surface area contributed by atoms with Gasteiger partial charge in [-0.15, -0.1) is 0 Å². The first kappa shape index (κ1) is 17.3. The zero-order chi connectivity index (χ0) is 14.4. The lowest BCUT2D eigenvalue weighted by Crippen LogP contribution is -2.41. The van der Waals surface area contributed by atoms with Crippen molar-refractivity contribution in [2.45, 2.75) is 53.0 Å². The maximum Gasteiger partial charge on any atom is 0.303 e. The first-order valence-corrected chi connectivity index (χ1v) is 7.51. The summed E-state index contributed by atoms with van der Waals surface area (Å²) >= 11 is 0. The maximum absolute atomic E-state index is 11.5. The van der Waals surface area contributed by atoms with E-state index in [4.69, 9.17) is 5.11 Å². The Morgan fingerprint density at radius 3 is 2.28 bits per heavy atom. The lowest BCUT2D eigenvalue weighted by Gasteiger charge is -2.24. The Hall–Kier alpha value is -0.660. The molecule has 0 aromatic heterocycles. The van der Waals surface area contributed by atoms with Crippen LogP contribution in [-0.4, -0.2) is 32.1 Å². The number of carboxylic acid groups (broad SMARTS) is 1. The zero-order valence-electron chi connectivity index (χ0n) is 11.5. The van der Waals surface area contributed by atoms with Crippen LogP contribution in [0.15, 0.2) is 0 Å². The fourth-order valence-electron chi connectivity index (χ4n) is 1.45. The molecule has 18 heavy (non-hydrogen) atoms. The van der Waals surface area contributed by atoms with Crippen LogP contribution in [0, 0.1) is 5.41 Å². The summed E-state index contributed by atoms with van der Waals surface area (Å²) in [4.78, 5) is 10.5. The number of nitrogens with one attached hydrogen (secondary N) is 2. The zero-order valence-corrected chi connectivity index (χ0v) is 12.3. The molecule has 7 heteroatoms. The first-order valence-electron chi connectivity index (χ1n) is 6.03. The van der Waals surface area contributed by atoms with E-state index < -0.39 is 16.2 Å². The Kier molecular flexibility index (Phi) is 6.80. The third kappa shape index (κ3) is 9.38. The second-order valence-electron chi connectivity index (χ2n) is 5.48. The van der Waals surface area contributed by atoms with Gasteiger partial charge in [-0.05, 0) is 32.1 Å². The van der Waals surface area contributed by atoms with E-state index in [0.29, 0.717) is 19.4 Å². The number of carboxylic acids is 1. The average Bonchev–Trinajstić information content (AvgIpc) is 2.12. The molecule has 0 amide bonds. The van der Waals surface area contributed by atoms with E-state index in [1.807, 2.05) is 13.8 Å². The minimum atomic E-state index is -3.45. The highest BCUT2D eigenvalue weighted by Gasteiger charge is 2.20. The summed E-state index contributed by atoms with van der Waals surface area (Å²) in [6, 6.07) is -0.150. The van der Waals surface area contributed by atoms with Gasteiger partial charge in [-0.25, -0.2) is 4.72 Å². The van der Waals surface area contributed by atoms with Crippen molar-refractivity contribution < 1.29 is 18.3 Å². The second-order valence-corrected chi connectivity index (χ2v) is 7.01. The number of rotatable bonds is 9. The SMILES string of the molecule is CC(C)NS(=O)(=O)NCCC(C)(C)CCC(=O)O. The summed E-state index contributed by atoms with van der Waals surface area (Å²) in [7, 11) is -3.45. The van der Waals surface area contributed by atoms with Crippen molar-refractivity contribution in [3.8, 4) is 0 Å². The van der Waals surface area contributed by atoms with E-state index in [0.717, 1.165) is 0 Å². The van der Waals surface area contributed by atoms with Crippen molar-refractivity contribution in [3.63, 3.8) is 0 Å². The van der Waals surface area contributed by atoms with Gasteiger partial charge in [0.2, 0.25) is 0 Å². The van der Waals surface area contributed by atoms with Crippen LogP contribution < -0.4 is 9.44 Å². The molecule has 0 aliphatic heterocycles. The molecule has 0 aliphatic carbocycles. The van der Waals surface area contributed by atoms with Gasteiger partial charge < -0.3 is 5.11 Å². The van der Waals surface area contributed by atoms with Crippen LogP contribution in [0.2, 0.25) is 0 Å². The van der Waals surface area contributed by atoms with Crippen molar-refractivity contribution >= 4 is 16.2 Å². The monoisotopic (exact) mass is 280 g/mol. The summed E-state index contributed by atoms with van der Waals surface area (Å²) in [6.07, 6.45) is 1.23. The van der Waals surface area contributed by atoms with Gasteiger partial charge in [-0.2, -0.15) is 13.1 Å². The normalized spacial score (nSPS) is 12.9. The van der Waals surface area contributed by atoms with Crippen LogP contribution >= 0.6 is 0 Å². The van der Waals surface area contributed by atoms with E-state index in [1.165, 1.54) is 0 Å². The lowest BCUT2D eigenvalue weighted by atomic mass is 9.84. The maximum atomic E-state index is 11.5. The third-order valence-corrected chi connectivity index (χ3v) is 3.87. The Morgan fingerprint density at radius 2 is 1.83 bits per heavy atom. The van der Waals surface area contributed by atoms with Crippen LogP contribution in [0.25, 0.3) is 0 Å². The molecule has 3 N–H and O–H groups in total. The summed E-state index contributed by atoms with van der Waals surface area (Å²) in [6.45, 7) is 7.65. The number of carbonyl (C=O) groups is 1. The molecule has 0 bridgehead atoms. The molecule has 108 valence electrons. The molecule has 0 radical (unpaired) electrons. The van der Waals surface area contributed by atoms with Crippen LogP contribution in [0.5, 0.6) is 0 Å². The molecule has 0 saturated heterocycles. The molecule has 0 unspecified atom stereocenters. The number of hydrogen-bond donors (Lipinski definition) is 3. The van der Waals surface area contributed by atoms with Gasteiger partial charge in [-0.1, -0.05) is 13.8 Å². The summed E-state index contributed by atoms with van der Waals surface area (Å²) in [5, 5.41) is 8.61. The van der Waals surface area contributed by atoms with E-state index >= 15 is 0 Å². The fourth-order valence-corrected chi connectivity index (χ4v) is 2.52. The highest BCUT2D eigenvalue weighted by Crippen LogP contribution is 2.25. The van der Waals surface area contributed by atoms with Crippen LogP contribution in [-0.2, 0) is 15.0 Å². The Bertz CT molecular complexity index is 363. The topological polar surface area (TPSA) is 95.5 Å². The lowest BCUT2D eigenvalue weighted by molar-refractivity contribution is -0.137.